The summed E-state index contributed by atoms with van der Waals surface area (Å²) in [6, 6.07) is 10.00. The summed E-state index contributed by atoms with van der Waals surface area (Å²) >= 11 is 2.30. The molecule has 2 rings (SSSR count). The minimum absolute atomic E-state index is 0.791. The molecule has 70 valence electrons. The van der Waals surface area contributed by atoms with Gasteiger partial charge in [0.25, 0.3) is 0 Å². The van der Waals surface area contributed by atoms with E-state index >= 15 is 0 Å². The van der Waals surface area contributed by atoms with Crippen LogP contribution in [0.1, 0.15) is 5.56 Å². The smallest absolute Gasteiger partial charge is 0.159 e. The average molecular weight is 296 g/mol. The molecule has 0 spiro atoms. The lowest BCUT2D eigenvalue weighted by Crippen LogP contribution is -1.89. The van der Waals surface area contributed by atoms with Crippen LogP contribution in [0.4, 0.5) is 0 Å². The molecule has 3 heteroatoms. The van der Waals surface area contributed by atoms with E-state index in [9.17, 15) is 0 Å². The van der Waals surface area contributed by atoms with Gasteiger partial charge >= 0.3 is 0 Å². The van der Waals surface area contributed by atoms with Crippen LogP contribution in [0.3, 0.4) is 0 Å². The number of nitrogens with zero attached hydrogens (tertiary/aromatic N) is 2. The summed E-state index contributed by atoms with van der Waals surface area (Å²) in [4.78, 5) is 8.61. The van der Waals surface area contributed by atoms with Crippen molar-refractivity contribution in [1.82, 2.24) is 9.97 Å². The molecule has 1 aromatic carbocycles. The Labute approximate surface area is 96.6 Å². The molecule has 1 aromatic heterocycles. The van der Waals surface area contributed by atoms with Crippen molar-refractivity contribution >= 4 is 22.6 Å². The second-order valence-electron chi connectivity index (χ2n) is 2.91. The van der Waals surface area contributed by atoms with Gasteiger partial charge in [0.05, 0.1) is 0 Å². The fraction of sp³-hybridized carbons (Fsp3) is 0.0909. The summed E-state index contributed by atoms with van der Waals surface area (Å²) in [6.45, 7) is 0. The van der Waals surface area contributed by atoms with Crippen molar-refractivity contribution in [3.8, 4) is 11.4 Å². The molecule has 0 bridgehead atoms. The van der Waals surface area contributed by atoms with E-state index in [2.05, 4.69) is 32.6 Å². The largest absolute Gasteiger partial charge is 0.236 e. The van der Waals surface area contributed by atoms with Gasteiger partial charge < -0.3 is 0 Å². The van der Waals surface area contributed by atoms with Gasteiger partial charge in [-0.1, -0.05) is 52.9 Å². The highest BCUT2D eigenvalue weighted by Crippen LogP contribution is 2.13. The van der Waals surface area contributed by atoms with E-state index in [0.29, 0.717) is 0 Å². The maximum atomic E-state index is 4.30. The van der Waals surface area contributed by atoms with Gasteiger partial charge in [0.1, 0.15) is 0 Å². The van der Waals surface area contributed by atoms with Crippen LogP contribution in [0.25, 0.3) is 11.4 Å². The number of aromatic nitrogens is 2. The van der Waals surface area contributed by atoms with Crippen LogP contribution in [0.2, 0.25) is 0 Å². The van der Waals surface area contributed by atoms with Gasteiger partial charge in [-0.15, -0.1) is 0 Å². The highest BCUT2D eigenvalue weighted by Gasteiger charge is 1.98. The molecule has 14 heavy (non-hydrogen) atoms. The first kappa shape index (κ1) is 9.58. The van der Waals surface area contributed by atoms with Crippen molar-refractivity contribution in [2.45, 2.75) is 4.43 Å². The van der Waals surface area contributed by atoms with Crippen LogP contribution in [0.5, 0.6) is 0 Å². The molecule has 2 aromatic rings. The molecule has 0 aliphatic carbocycles. The maximum Gasteiger partial charge on any atom is 0.159 e. The fourth-order valence-corrected chi connectivity index (χ4v) is 1.55. The van der Waals surface area contributed by atoms with E-state index < -0.39 is 0 Å². The van der Waals surface area contributed by atoms with E-state index in [1.165, 1.54) is 0 Å². The zero-order valence-electron chi connectivity index (χ0n) is 7.52. The maximum absolute atomic E-state index is 4.30. The molecule has 0 saturated heterocycles. The Morgan fingerprint density at radius 1 is 1.00 bits per heavy atom. The van der Waals surface area contributed by atoms with Crippen molar-refractivity contribution in [3.05, 3.63) is 48.3 Å². The van der Waals surface area contributed by atoms with Crippen molar-refractivity contribution in [2.75, 3.05) is 0 Å². The monoisotopic (exact) mass is 296 g/mol. The number of rotatable bonds is 2. The van der Waals surface area contributed by atoms with Crippen molar-refractivity contribution in [1.29, 1.82) is 0 Å². The van der Waals surface area contributed by atoms with Gasteiger partial charge in [0.15, 0.2) is 5.82 Å². The Kier molecular flexibility index (Phi) is 3.08. The quantitative estimate of drug-likeness (QED) is 0.628. The Hall–Kier alpha value is -0.970. The topological polar surface area (TPSA) is 25.8 Å². The molecular weight excluding hydrogens is 287 g/mol. The minimum Gasteiger partial charge on any atom is -0.236 e. The third-order valence-corrected chi connectivity index (χ3v) is 2.77. The van der Waals surface area contributed by atoms with Crippen LogP contribution >= 0.6 is 22.6 Å². The summed E-state index contributed by atoms with van der Waals surface area (Å²) in [5, 5.41) is 0. The van der Waals surface area contributed by atoms with Crippen LogP contribution in [-0.4, -0.2) is 9.97 Å². The molecule has 0 aliphatic rings. The number of benzene rings is 1. The lowest BCUT2D eigenvalue weighted by atomic mass is 10.2. The van der Waals surface area contributed by atoms with Crippen LogP contribution < -0.4 is 0 Å². The normalized spacial score (nSPS) is 10.1. The van der Waals surface area contributed by atoms with Gasteiger partial charge in [-0.2, -0.15) is 0 Å². The molecule has 0 fully saturated rings. The molecule has 0 atom stereocenters. The highest BCUT2D eigenvalue weighted by atomic mass is 127. The average Bonchev–Trinajstić information content (AvgIpc) is 2.30. The Bertz CT molecular complexity index is 397. The molecule has 0 N–H and O–H groups in total. The van der Waals surface area contributed by atoms with E-state index in [1.807, 2.05) is 42.7 Å². The zero-order valence-corrected chi connectivity index (χ0v) is 9.68. The number of halogens is 1. The zero-order chi connectivity index (χ0) is 9.80. The van der Waals surface area contributed by atoms with Crippen LogP contribution in [0.15, 0.2) is 42.7 Å². The molecule has 0 aliphatic heterocycles. The minimum atomic E-state index is 0.791. The van der Waals surface area contributed by atoms with Gasteiger partial charge in [0.2, 0.25) is 0 Å². The summed E-state index contributed by atoms with van der Waals surface area (Å²) < 4.78 is 0.951. The third-order valence-electron chi connectivity index (χ3n) is 1.89. The van der Waals surface area contributed by atoms with E-state index in [1.54, 1.807) is 0 Å². The van der Waals surface area contributed by atoms with E-state index in [0.717, 1.165) is 21.4 Å². The number of alkyl halides is 1. The second kappa shape index (κ2) is 4.50. The Morgan fingerprint density at radius 3 is 2.21 bits per heavy atom. The summed E-state index contributed by atoms with van der Waals surface area (Å²) in [6.07, 6.45) is 3.75. The van der Waals surface area contributed by atoms with Crippen LogP contribution in [0, 0.1) is 0 Å². The van der Waals surface area contributed by atoms with Crippen LogP contribution in [-0.2, 0) is 4.43 Å². The van der Waals surface area contributed by atoms with Crippen molar-refractivity contribution in [3.63, 3.8) is 0 Å². The van der Waals surface area contributed by atoms with E-state index in [4.69, 9.17) is 0 Å². The predicted octanol–water partition coefficient (Wildman–Crippen LogP) is 3.08. The predicted molar refractivity (Wildman–Crippen MR) is 65.2 cm³/mol. The van der Waals surface area contributed by atoms with Gasteiger partial charge in [-0.3, -0.25) is 0 Å². The first-order valence-electron chi connectivity index (χ1n) is 4.32. The third kappa shape index (κ3) is 2.09. The molecule has 0 radical (unpaired) electrons. The van der Waals surface area contributed by atoms with Gasteiger partial charge in [-0.25, -0.2) is 9.97 Å². The Balaban J connectivity index is 2.34. The summed E-state index contributed by atoms with van der Waals surface area (Å²) in [7, 11) is 0. The molecule has 0 saturated carbocycles. The van der Waals surface area contributed by atoms with Gasteiger partial charge in [-0.05, 0) is 5.56 Å². The molecular formula is C11H9IN2. The Morgan fingerprint density at radius 2 is 1.64 bits per heavy atom. The highest BCUT2D eigenvalue weighted by molar-refractivity contribution is 14.1. The van der Waals surface area contributed by atoms with Crippen molar-refractivity contribution < 1.29 is 0 Å². The van der Waals surface area contributed by atoms with Crippen molar-refractivity contribution in [2.24, 2.45) is 0 Å². The molecule has 1 heterocycles. The second-order valence-corrected chi connectivity index (χ2v) is 3.68. The standard InChI is InChI=1S/C11H9IN2/c12-6-9-7-13-11(14-8-9)10-4-2-1-3-5-10/h1-5,7-8H,6H2. The lowest BCUT2D eigenvalue weighted by molar-refractivity contribution is 1.13. The number of hydrogen-bond donors (Lipinski definition) is 0. The van der Waals surface area contributed by atoms with E-state index in [-0.39, 0.29) is 0 Å². The first-order chi connectivity index (χ1) is 6.90. The summed E-state index contributed by atoms with van der Waals surface area (Å²) in [5.41, 5.74) is 2.22. The SMILES string of the molecule is ICc1cnc(-c2ccccc2)nc1. The number of hydrogen-bond acceptors (Lipinski definition) is 2. The molecule has 0 unspecified atom stereocenters. The summed E-state index contributed by atoms with van der Waals surface area (Å²) in [5.74, 6) is 0.791. The molecule has 2 nitrogen and oxygen atoms in total. The first-order valence-corrected chi connectivity index (χ1v) is 5.85. The lowest BCUT2D eigenvalue weighted by Gasteiger charge is -1.99. The van der Waals surface area contributed by atoms with Gasteiger partial charge in [0, 0.05) is 22.4 Å². The fourth-order valence-electron chi connectivity index (χ4n) is 1.16. The molecule has 0 amide bonds.